The van der Waals surface area contributed by atoms with E-state index in [2.05, 4.69) is 5.32 Å². The largest absolute Gasteiger partial charge is 0.493 e. The van der Waals surface area contributed by atoms with Gasteiger partial charge in [0.1, 0.15) is 0 Å². The Balaban J connectivity index is 0.00000529. The molecule has 0 aliphatic carbocycles. The van der Waals surface area contributed by atoms with Gasteiger partial charge in [0.05, 0.1) is 27.4 Å². The predicted octanol–water partition coefficient (Wildman–Crippen LogP) is 2.04. The standard InChI is InChI=1S/C16H26N2O4S.ClH/c1-18(16(19)10-17-6-7-20-2)11-12-8-13(21-3)14(22-4)9-15(12)23-5;/h8-9,17H,6-7,10-11H2,1-5H3;1H. The fourth-order valence-corrected chi connectivity index (χ4v) is 2.67. The van der Waals surface area contributed by atoms with Gasteiger partial charge < -0.3 is 24.4 Å². The molecule has 1 aromatic rings. The van der Waals surface area contributed by atoms with Crippen LogP contribution in [0.4, 0.5) is 0 Å². The Morgan fingerprint density at radius 1 is 1.21 bits per heavy atom. The highest BCUT2D eigenvalue weighted by Crippen LogP contribution is 2.35. The minimum atomic E-state index is 0. The van der Waals surface area contributed by atoms with E-state index < -0.39 is 0 Å². The monoisotopic (exact) mass is 378 g/mol. The third kappa shape index (κ3) is 6.76. The first-order valence-corrected chi connectivity index (χ1v) is 8.52. The quantitative estimate of drug-likeness (QED) is 0.496. The number of ether oxygens (including phenoxy) is 3. The van der Waals surface area contributed by atoms with Crippen LogP contribution >= 0.6 is 24.2 Å². The van der Waals surface area contributed by atoms with Crippen LogP contribution in [0.15, 0.2) is 17.0 Å². The third-order valence-corrected chi connectivity index (χ3v) is 4.20. The average molecular weight is 379 g/mol. The number of benzene rings is 1. The molecule has 0 saturated carbocycles. The molecule has 0 unspecified atom stereocenters. The molecule has 0 fully saturated rings. The number of hydrogen-bond donors (Lipinski definition) is 1. The Labute approximate surface area is 154 Å². The molecule has 0 radical (unpaired) electrons. The molecule has 1 N–H and O–H groups in total. The molecular weight excluding hydrogens is 352 g/mol. The first kappa shape index (κ1) is 22.9. The molecule has 0 aliphatic heterocycles. The maximum atomic E-state index is 12.1. The van der Waals surface area contributed by atoms with Crippen LogP contribution in [0.5, 0.6) is 11.5 Å². The Morgan fingerprint density at radius 2 is 1.83 bits per heavy atom. The van der Waals surface area contributed by atoms with E-state index in [0.717, 1.165) is 10.5 Å². The molecule has 0 heterocycles. The summed E-state index contributed by atoms with van der Waals surface area (Å²) in [5.41, 5.74) is 1.03. The maximum Gasteiger partial charge on any atom is 0.236 e. The van der Waals surface area contributed by atoms with Crippen LogP contribution < -0.4 is 14.8 Å². The Bertz CT molecular complexity index is 517. The molecule has 6 nitrogen and oxygen atoms in total. The van der Waals surface area contributed by atoms with Crippen molar-refractivity contribution in [2.75, 3.05) is 54.3 Å². The molecule has 1 aromatic carbocycles. The van der Waals surface area contributed by atoms with E-state index in [1.807, 2.05) is 18.4 Å². The summed E-state index contributed by atoms with van der Waals surface area (Å²) >= 11 is 1.62. The minimum Gasteiger partial charge on any atom is -0.493 e. The van der Waals surface area contributed by atoms with Crippen molar-refractivity contribution in [3.63, 3.8) is 0 Å². The summed E-state index contributed by atoms with van der Waals surface area (Å²) in [6.45, 7) is 2.05. The second-order valence-electron chi connectivity index (χ2n) is 4.94. The van der Waals surface area contributed by atoms with E-state index in [1.165, 1.54) is 0 Å². The molecule has 0 spiro atoms. The zero-order valence-electron chi connectivity index (χ0n) is 14.9. The number of methoxy groups -OCH3 is 3. The molecule has 1 amide bonds. The van der Waals surface area contributed by atoms with Crippen molar-refractivity contribution in [1.29, 1.82) is 0 Å². The van der Waals surface area contributed by atoms with E-state index in [4.69, 9.17) is 14.2 Å². The van der Waals surface area contributed by atoms with E-state index >= 15 is 0 Å². The van der Waals surface area contributed by atoms with Crippen LogP contribution in [-0.2, 0) is 16.1 Å². The van der Waals surface area contributed by atoms with Crippen LogP contribution in [0.3, 0.4) is 0 Å². The van der Waals surface area contributed by atoms with Gasteiger partial charge in [-0.2, -0.15) is 0 Å². The highest BCUT2D eigenvalue weighted by molar-refractivity contribution is 7.98. The Kier molecular flexibility index (Phi) is 11.7. The molecule has 0 bridgehead atoms. The van der Waals surface area contributed by atoms with Gasteiger partial charge in [-0.25, -0.2) is 0 Å². The number of nitrogens with one attached hydrogen (secondary N) is 1. The molecule has 0 aliphatic rings. The van der Waals surface area contributed by atoms with Crippen molar-refractivity contribution >= 4 is 30.1 Å². The summed E-state index contributed by atoms with van der Waals surface area (Å²) < 4.78 is 15.6. The number of nitrogens with zero attached hydrogens (tertiary/aromatic N) is 1. The maximum absolute atomic E-state index is 12.1. The highest BCUT2D eigenvalue weighted by Gasteiger charge is 2.15. The highest BCUT2D eigenvalue weighted by atomic mass is 35.5. The van der Waals surface area contributed by atoms with E-state index in [0.29, 0.717) is 37.7 Å². The van der Waals surface area contributed by atoms with Gasteiger partial charge in [0.25, 0.3) is 0 Å². The molecular formula is C16H27ClN2O4S. The molecule has 24 heavy (non-hydrogen) atoms. The zero-order chi connectivity index (χ0) is 17.2. The summed E-state index contributed by atoms with van der Waals surface area (Å²) in [6.07, 6.45) is 2.00. The van der Waals surface area contributed by atoms with Gasteiger partial charge in [0.2, 0.25) is 5.91 Å². The predicted molar refractivity (Wildman–Crippen MR) is 99.8 cm³/mol. The van der Waals surface area contributed by atoms with Crippen molar-refractivity contribution in [3.8, 4) is 11.5 Å². The molecule has 0 atom stereocenters. The van der Waals surface area contributed by atoms with Gasteiger partial charge in [0.15, 0.2) is 11.5 Å². The smallest absolute Gasteiger partial charge is 0.236 e. The normalized spacial score (nSPS) is 10.0. The molecule has 138 valence electrons. The SMILES string of the molecule is COCCNCC(=O)N(C)Cc1cc(OC)c(OC)cc1SC.Cl. The fraction of sp³-hybridized carbons (Fsp3) is 0.562. The summed E-state index contributed by atoms with van der Waals surface area (Å²) in [7, 11) is 6.65. The second kappa shape index (κ2) is 12.2. The van der Waals surface area contributed by atoms with Crippen LogP contribution in [0.1, 0.15) is 5.56 Å². The Morgan fingerprint density at radius 3 is 2.38 bits per heavy atom. The van der Waals surface area contributed by atoms with E-state index in [9.17, 15) is 4.79 Å². The first-order chi connectivity index (χ1) is 11.1. The van der Waals surface area contributed by atoms with Crippen molar-refractivity contribution in [1.82, 2.24) is 10.2 Å². The lowest BCUT2D eigenvalue weighted by molar-refractivity contribution is -0.129. The molecule has 0 saturated heterocycles. The van der Waals surface area contributed by atoms with Gasteiger partial charge in [0, 0.05) is 32.1 Å². The number of thioether (sulfide) groups is 1. The van der Waals surface area contributed by atoms with Crippen LogP contribution in [-0.4, -0.2) is 65.1 Å². The van der Waals surface area contributed by atoms with Gasteiger partial charge >= 0.3 is 0 Å². The van der Waals surface area contributed by atoms with Crippen LogP contribution in [0, 0.1) is 0 Å². The topological polar surface area (TPSA) is 60.0 Å². The Hall–Kier alpha value is -1.15. The lowest BCUT2D eigenvalue weighted by Crippen LogP contribution is -2.36. The summed E-state index contributed by atoms with van der Waals surface area (Å²) in [6, 6.07) is 3.86. The number of likely N-dealkylation sites (N-methyl/N-ethyl adjacent to an activating group) is 1. The van der Waals surface area contributed by atoms with Crippen LogP contribution in [0.2, 0.25) is 0 Å². The number of carbonyl (C=O) groups is 1. The van der Waals surface area contributed by atoms with E-state index in [1.54, 1.807) is 45.0 Å². The fourth-order valence-electron chi connectivity index (χ4n) is 2.06. The van der Waals surface area contributed by atoms with Crippen LogP contribution in [0.25, 0.3) is 0 Å². The third-order valence-electron chi connectivity index (χ3n) is 3.38. The number of rotatable bonds is 10. The average Bonchev–Trinajstić information content (AvgIpc) is 2.57. The zero-order valence-corrected chi connectivity index (χ0v) is 16.5. The lowest BCUT2D eigenvalue weighted by atomic mass is 10.2. The second-order valence-corrected chi connectivity index (χ2v) is 5.79. The number of amides is 1. The van der Waals surface area contributed by atoms with Gasteiger partial charge in [-0.15, -0.1) is 24.2 Å². The molecule has 1 rings (SSSR count). The van der Waals surface area contributed by atoms with Gasteiger partial charge in [-0.1, -0.05) is 0 Å². The van der Waals surface area contributed by atoms with Crippen molar-refractivity contribution in [2.24, 2.45) is 0 Å². The molecule has 0 aromatic heterocycles. The number of carbonyl (C=O) groups excluding carboxylic acids is 1. The summed E-state index contributed by atoms with van der Waals surface area (Å²) in [5, 5.41) is 3.06. The number of halogens is 1. The van der Waals surface area contributed by atoms with E-state index in [-0.39, 0.29) is 18.3 Å². The van der Waals surface area contributed by atoms with Crippen molar-refractivity contribution in [3.05, 3.63) is 17.7 Å². The first-order valence-electron chi connectivity index (χ1n) is 7.29. The number of hydrogen-bond acceptors (Lipinski definition) is 6. The summed E-state index contributed by atoms with van der Waals surface area (Å²) in [5.74, 6) is 1.39. The molecule has 8 heteroatoms. The van der Waals surface area contributed by atoms with Gasteiger partial charge in [-0.05, 0) is 24.0 Å². The van der Waals surface area contributed by atoms with Crippen molar-refractivity contribution < 1.29 is 19.0 Å². The minimum absolute atomic E-state index is 0. The lowest BCUT2D eigenvalue weighted by Gasteiger charge is -2.20. The van der Waals surface area contributed by atoms with Crippen molar-refractivity contribution in [2.45, 2.75) is 11.4 Å². The van der Waals surface area contributed by atoms with Gasteiger partial charge in [-0.3, -0.25) is 4.79 Å². The summed E-state index contributed by atoms with van der Waals surface area (Å²) in [4.78, 5) is 14.9.